The van der Waals surface area contributed by atoms with Crippen LogP contribution in [0.5, 0.6) is 0 Å². The van der Waals surface area contributed by atoms with Crippen LogP contribution in [-0.2, 0) is 9.53 Å². The van der Waals surface area contributed by atoms with Crippen LogP contribution in [0.1, 0.15) is 6.42 Å². The molecule has 0 spiro atoms. The van der Waals surface area contributed by atoms with E-state index in [1.807, 2.05) is 6.08 Å². The third kappa shape index (κ3) is 1.36. The van der Waals surface area contributed by atoms with Crippen molar-refractivity contribution in [3.63, 3.8) is 0 Å². The molecular weight excluding hydrogens is 130 g/mol. The number of esters is 1. The van der Waals surface area contributed by atoms with Gasteiger partial charge in [0, 0.05) is 6.04 Å². The molecule has 2 N–H and O–H groups in total. The zero-order valence-corrected chi connectivity index (χ0v) is 5.91. The van der Waals surface area contributed by atoms with Crippen molar-refractivity contribution in [3.8, 4) is 0 Å². The summed E-state index contributed by atoms with van der Waals surface area (Å²) in [5.74, 6) is -0.302. The quantitative estimate of drug-likeness (QED) is 0.415. The Morgan fingerprint density at radius 1 is 1.70 bits per heavy atom. The Morgan fingerprint density at radius 2 is 2.40 bits per heavy atom. The molecule has 2 atom stereocenters. The molecule has 0 aromatic heterocycles. The highest BCUT2D eigenvalue weighted by Gasteiger charge is 2.22. The summed E-state index contributed by atoms with van der Waals surface area (Å²) in [6.45, 7) is 0. The number of carbonyl (C=O) groups excluding carboxylic acids is 1. The Balaban J connectivity index is 2.46. The van der Waals surface area contributed by atoms with Gasteiger partial charge in [0.15, 0.2) is 0 Å². The highest BCUT2D eigenvalue weighted by atomic mass is 16.5. The smallest absolute Gasteiger partial charge is 0.312 e. The lowest BCUT2D eigenvalue weighted by Crippen LogP contribution is -2.19. The molecule has 0 aromatic rings. The molecule has 10 heavy (non-hydrogen) atoms. The van der Waals surface area contributed by atoms with Gasteiger partial charge in [0.2, 0.25) is 0 Å². The van der Waals surface area contributed by atoms with Crippen molar-refractivity contribution in [3.05, 3.63) is 12.2 Å². The van der Waals surface area contributed by atoms with Gasteiger partial charge in [-0.3, -0.25) is 4.79 Å². The molecule has 3 nitrogen and oxygen atoms in total. The number of rotatable bonds is 1. The fourth-order valence-corrected chi connectivity index (χ4v) is 1.05. The van der Waals surface area contributed by atoms with Crippen molar-refractivity contribution in [1.82, 2.24) is 0 Å². The van der Waals surface area contributed by atoms with Crippen molar-refractivity contribution in [2.45, 2.75) is 12.5 Å². The van der Waals surface area contributed by atoms with Crippen molar-refractivity contribution in [2.75, 3.05) is 7.11 Å². The van der Waals surface area contributed by atoms with Crippen LogP contribution in [0, 0.1) is 5.92 Å². The monoisotopic (exact) mass is 141 g/mol. The van der Waals surface area contributed by atoms with Crippen LogP contribution in [0.4, 0.5) is 0 Å². The van der Waals surface area contributed by atoms with E-state index in [-0.39, 0.29) is 17.9 Å². The summed E-state index contributed by atoms with van der Waals surface area (Å²) < 4.78 is 4.54. The Morgan fingerprint density at radius 3 is 2.80 bits per heavy atom. The van der Waals surface area contributed by atoms with E-state index in [0.29, 0.717) is 6.42 Å². The van der Waals surface area contributed by atoms with Gasteiger partial charge < -0.3 is 10.5 Å². The zero-order chi connectivity index (χ0) is 7.56. The van der Waals surface area contributed by atoms with E-state index in [1.54, 1.807) is 6.08 Å². The highest BCUT2D eigenvalue weighted by molar-refractivity contribution is 5.75. The molecular formula is C7H11NO2. The summed E-state index contributed by atoms with van der Waals surface area (Å²) in [4.78, 5) is 10.8. The topological polar surface area (TPSA) is 52.3 Å². The molecule has 0 bridgehead atoms. The van der Waals surface area contributed by atoms with Gasteiger partial charge in [-0.25, -0.2) is 0 Å². The largest absolute Gasteiger partial charge is 0.469 e. The molecule has 56 valence electrons. The first kappa shape index (κ1) is 7.28. The fraction of sp³-hybridized carbons (Fsp3) is 0.571. The maximum absolute atomic E-state index is 10.8. The second kappa shape index (κ2) is 2.84. The molecule has 1 rings (SSSR count). The average Bonchev–Trinajstić information content (AvgIpc) is 2.34. The predicted octanol–water partition coefficient (Wildman–Crippen LogP) is 0.0628. The van der Waals surface area contributed by atoms with Gasteiger partial charge in [-0.1, -0.05) is 12.2 Å². The van der Waals surface area contributed by atoms with Gasteiger partial charge in [-0.2, -0.15) is 0 Å². The summed E-state index contributed by atoms with van der Waals surface area (Å²) in [6.07, 6.45) is 4.32. The first-order chi connectivity index (χ1) is 4.74. The lowest BCUT2D eigenvalue weighted by molar-refractivity contribution is -0.143. The zero-order valence-electron chi connectivity index (χ0n) is 5.91. The summed E-state index contributed by atoms with van der Waals surface area (Å²) in [7, 11) is 1.39. The molecule has 0 saturated heterocycles. The van der Waals surface area contributed by atoms with Crippen molar-refractivity contribution in [1.29, 1.82) is 0 Å². The maximum Gasteiger partial charge on any atom is 0.312 e. The Hall–Kier alpha value is -0.830. The number of hydrogen-bond acceptors (Lipinski definition) is 3. The molecule has 1 aliphatic carbocycles. The van der Waals surface area contributed by atoms with Crippen molar-refractivity contribution < 1.29 is 9.53 Å². The molecule has 0 saturated carbocycles. The molecule has 0 amide bonds. The summed E-state index contributed by atoms with van der Waals surface area (Å²) in [5.41, 5.74) is 5.52. The molecule has 0 radical (unpaired) electrons. The number of methoxy groups -OCH3 is 1. The van der Waals surface area contributed by atoms with Gasteiger partial charge in [0.05, 0.1) is 13.0 Å². The van der Waals surface area contributed by atoms with E-state index in [4.69, 9.17) is 5.73 Å². The number of ether oxygens (including phenoxy) is 1. The standard InChI is InChI=1S/C7H11NO2/c1-10-7(9)5-2-3-6(8)4-5/h2-3,5-6H,4,8H2,1H3/t5-,6-/m0/s1. The Bertz CT molecular complexity index is 165. The minimum atomic E-state index is -0.191. The van der Waals surface area contributed by atoms with Crippen LogP contribution in [-0.4, -0.2) is 19.1 Å². The van der Waals surface area contributed by atoms with Gasteiger partial charge in [0.25, 0.3) is 0 Å². The third-order valence-corrected chi connectivity index (χ3v) is 1.62. The second-order valence-corrected chi connectivity index (χ2v) is 2.41. The highest BCUT2D eigenvalue weighted by Crippen LogP contribution is 2.16. The third-order valence-electron chi connectivity index (χ3n) is 1.62. The van der Waals surface area contributed by atoms with E-state index in [0.717, 1.165) is 0 Å². The fourth-order valence-electron chi connectivity index (χ4n) is 1.05. The SMILES string of the molecule is COC(=O)[C@H]1C=C[C@H](N)C1. The van der Waals surface area contributed by atoms with E-state index < -0.39 is 0 Å². The van der Waals surface area contributed by atoms with Gasteiger partial charge in [-0.05, 0) is 6.42 Å². The van der Waals surface area contributed by atoms with Crippen LogP contribution in [0.25, 0.3) is 0 Å². The normalized spacial score (nSPS) is 30.6. The van der Waals surface area contributed by atoms with Gasteiger partial charge in [-0.15, -0.1) is 0 Å². The number of nitrogens with two attached hydrogens (primary N) is 1. The van der Waals surface area contributed by atoms with Crippen molar-refractivity contribution in [2.24, 2.45) is 11.7 Å². The molecule has 0 heterocycles. The minimum absolute atomic E-state index is 0.0316. The number of hydrogen-bond donors (Lipinski definition) is 1. The van der Waals surface area contributed by atoms with Crippen LogP contribution >= 0.6 is 0 Å². The average molecular weight is 141 g/mol. The number of carbonyl (C=O) groups is 1. The Labute approximate surface area is 59.8 Å². The van der Waals surface area contributed by atoms with Crippen LogP contribution in [0.15, 0.2) is 12.2 Å². The maximum atomic E-state index is 10.8. The van der Waals surface area contributed by atoms with Gasteiger partial charge >= 0.3 is 5.97 Å². The van der Waals surface area contributed by atoms with Crippen LogP contribution in [0.3, 0.4) is 0 Å². The van der Waals surface area contributed by atoms with E-state index in [1.165, 1.54) is 7.11 Å². The van der Waals surface area contributed by atoms with Crippen LogP contribution in [0.2, 0.25) is 0 Å². The first-order valence-corrected chi connectivity index (χ1v) is 3.26. The molecule has 0 aromatic carbocycles. The van der Waals surface area contributed by atoms with E-state index in [2.05, 4.69) is 4.74 Å². The molecule has 0 aliphatic heterocycles. The van der Waals surface area contributed by atoms with Crippen molar-refractivity contribution >= 4 is 5.97 Å². The van der Waals surface area contributed by atoms with Gasteiger partial charge in [0.1, 0.15) is 0 Å². The lowest BCUT2D eigenvalue weighted by Gasteiger charge is -2.04. The van der Waals surface area contributed by atoms with E-state index >= 15 is 0 Å². The molecule has 1 aliphatic rings. The first-order valence-electron chi connectivity index (χ1n) is 3.26. The summed E-state index contributed by atoms with van der Waals surface area (Å²) in [6, 6.07) is 0.0316. The molecule has 3 heteroatoms. The molecule has 0 fully saturated rings. The predicted molar refractivity (Wildman–Crippen MR) is 37.2 cm³/mol. The second-order valence-electron chi connectivity index (χ2n) is 2.41. The summed E-state index contributed by atoms with van der Waals surface area (Å²) in [5, 5.41) is 0. The van der Waals surface area contributed by atoms with E-state index in [9.17, 15) is 4.79 Å². The lowest BCUT2D eigenvalue weighted by atomic mass is 10.1. The van der Waals surface area contributed by atoms with Crippen LogP contribution < -0.4 is 5.73 Å². The molecule has 0 unspecified atom stereocenters. The summed E-state index contributed by atoms with van der Waals surface area (Å²) >= 11 is 0. The minimum Gasteiger partial charge on any atom is -0.469 e. The Kier molecular flexibility index (Phi) is 2.06.